The van der Waals surface area contributed by atoms with Crippen molar-refractivity contribution in [3.05, 3.63) is 64.1 Å². The van der Waals surface area contributed by atoms with E-state index in [1.165, 1.54) is 5.69 Å². The highest BCUT2D eigenvalue weighted by atomic mass is 79.9. The maximum atomic E-state index is 12.0. The number of hydrogen-bond donors (Lipinski definition) is 1. The summed E-state index contributed by atoms with van der Waals surface area (Å²) in [4.78, 5) is 14.4. The zero-order chi connectivity index (χ0) is 18.1. The molecule has 0 saturated carbocycles. The molecule has 0 radical (unpaired) electrons. The van der Waals surface area contributed by atoms with Crippen LogP contribution in [0.15, 0.2) is 58.1 Å². The highest BCUT2D eigenvalue weighted by Crippen LogP contribution is 2.15. The van der Waals surface area contributed by atoms with Crippen LogP contribution in [-0.4, -0.2) is 25.2 Å². The summed E-state index contributed by atoms with van der Waals surface area (Å²) in [7, 11) is 0. The maximum Gasteiger partial charge on any atom is 0.271 e. The lowest BCUT2D eigenvalue weighted by Gasteiger charge is -2.23. The zero-order valence-electron chi connectivity index (χ0n) is 14.7. The van der Waals surface area contributed by atoms with Crippen molar-refractivity contribution >= 4 is 33.7 Å². The van der Waals surface area contributed by atoms with E-state index in [9.17, 15) is 4.79 Å². The Morgan fingerprint density at radius 2 is 1.80 bits per heavy atom. The van der Waals surface area contributed by atoms with E-state index in [1.54, 1.807) is 18.3 Å². The molecule has 1 amide bonds. The van der Waals surface area contributed by atoms with Gasteiger partial charge >= 0.3 is 0 Å². The first-order valence-electron chi connectivity index (χ1n) is 8.58. The van der Waals surface area contributed by atoms with Gasteiger partial charge in [-0.25, -0.2) is 5.43 Å². The van der Waals surface area contributed by atoms with Crippen molar-refractivity contribution in [2.24, 2.45) is 5.10 Å². The average molecular weight is 402 g/mol. The van der Waals surface area contributed by atoms with Crippen LogP contribution in [0.1, 0.15) is 42.6 Å². The monoisotopic (exact) mass is 401 g/mol. The summed E-state index contributed by atoms with van der Waals surface area (Å²) >= 11 is 3.35. The number of benzene rings is 2. The predicted octanol–water partition coefficient (Wildman–Crippen LogP) is 4.84. The third-order valence-corrected chi connectivity index (χ3v) is 4.21. The standard InChI is InChI=1S/C20H24BrN3O/c1-3-12-24(13-4-2)19-10-8-16(9-11-19)15-22-23-20(25)17-6-5-7-18(21)14-17/h5-11,14-15H,3-4,12-13H2,1-2H3,(H,23,25). The summed E-state index contributed by atoms with van der Waals surface area (Å²) in [6.45, 7) is 6.50. The first kappa shape index (κ1) is 19.2. The Hall–Kier alpha value is -2.14. The van der Waals surface area contributed by atoms with E-state index >= 15 is 0 Å². The molecule has 0 spiro atoms. The zero-order valence-corrected chi connectivity index (χ0v) is 16.3. The van der Waals surface area contributed by atoms with Crippen LogP contribution in [0.5, 0.6) is 0 Å². The third-order valence-electron chi connectivity index (χ3n) is 3.71. The van der Waals surface area contributed by atoms with Crippen LogP contribution in [0.2, 0.25) is 0 Å². The van der Waals surface area contributed by atoms with Crippen molar-refractivity contribution in [2.75, 3.05) is 18.0 Å². The van der Waals surface area contributed by atoms with Crippen molar-refractivity contribution in [3.8, 4) is 0 Å². The number of amides is 1. The fourth-order valence-corrected chi connectivity index (χ4v) is 2.94. The lowest BCUT2D eigenvalue weighted by atomic mass is 10.2. The Morgan fingerprint density at radius 1 is 1.12 bits per heavy atom. The van der Waals surface area contributed by atoms with Gasteiger partial charge in [0.1, 0.15) is 0 Å². The molecule has 0 aromatic heterocycles. The minimum Gasteiger partial charge on any atom is -0.372 e. The Kier molecular flexibility index (Phi) is 7.67. The maximum absolute atomic E-state index is 12.0. The molecule has 0 heterocycles. The molecule has 5 heteroatoms. The van der Waals surface area contributed by atoms with Gasteiger partial charge in [-0.15, -0.1) is 0 Å². The summed E-state index contributed by atoms with van der Waals surface area (Å²) in [6.07, 6.45) is 3.92. The highest BCUT2D eigenvalue weighted by molar-refractivity contribution is 9.10. The second kappa shape index (κ2) is 9.99. The number of anilines is 1. The van der Waals surface area contributed by atoms with E-state index in [0.717, 1.165) is 36.0 Å². The van der Waals surface area contributed by atoms with Crippen LogP contribution < -0.4 is 10.3 Å². The topological polar surface area (TPSA) is 44.7 Å². The molecule has 2 rings (SSSR count). The molecular weight excluding hydrogens is 378 g/mol. The summed E-state index contributed by atoms with van der Waals surface area (Å²) in [5.41, 5.74) is 5.29. The van der Waals surface area contributed by atoms with Crippen LogP contribution in [0.3, 0.4) is 0 Å². The molecular formula is C20H24BrN3O. The van der Waals surface area contributed by atoms with E-state index in [1.807, 2.05) is 24.3 Å². The Labute approximate surface area is 158 Å². The minimum atomic E-state index is -0.230. The van der Waals surface area contributed by atoms with Gasteiger partial charge in [0.05, 0.1) is 6.21 Å². The lowest BCUT2D eigenvalue weighted by Crippen LogP contribution is -2.24. The largest absolute Gasteiger partial charge is 0.372 e. The van der Waals surface area contributed by atoms with Gasteiger partial charge in [0.25, 0.3) is 5.91 Å². The molecule has 0 fully saturated rings. The molecule has 2 aromatic rings. The molecule has 25 heavy (non-hydrogen) atoms. The number of hydrogen-bond acceptors (Lipinski definition) is 3. The first-order valence-corrected chi connectivity index (χ1v) is 9.37. The van der Waals surface area contributed by atoms with Gasteiger partial charge in [-0.3, -0.25) is 4.79 Å². The van der Waals surface area contributed by atoms with Crippen molar-refractivity contribution < 1.29 is 4.79 Å². The van der Waals surface area contributed by atoms with Gasteiger partial charge in [-0.1, -0.05) is 48.0 Å². The molecule has 0 aliphatic rings. The smallest absolute Gasteiger partial charge is 0.271 e. The van der Waals surface area contributed by atoms with Gasteiger partial charge in [-0.2, -0.15) is 5.10 Å². The predicted molar refractivity (Wildman–Crippen MR) is 108 cm³/mol. The van der Waals surface area contributed by atoms with Crippen molar-refractivity contribution in [2.45, 2.75) is 26.7 Å². The lowest BCUT2D eigenvalue weighted by molar-refractivity contribution is 0.0955. The van der Waals surface area contributed by atoms with Crippen LogP contribution in [0, 0.1) is 0 Å². The van der Waals surface area contributed by atoms with Gasteiger partial charge in [0, 0.05) is 28.8 Å². The molecule has 0 unspecified atom stereocenters. The molecule has 1 N–H and O–H groups in total. The molecule has 4 nitrogen and oxygen atoms in total. The molecule has 0 atom stereocenters. The Balaban J connectivity index is 1.96. The van der Waals surface area contributed by atoms with E-state index in [-0.39, 0.29) is 5.91 Å². The van der Waals surface area contributed by atoms with Gasteiger partial charge < -0.3 is 4.90 Å². The molecule has 0 bridgehead atoms. The highest BCUT2D eigenvalue weighted by Gasteiger charge is 2.05. The molecule has 0 aliphatic heterocycles. The van der Waals surface area contributed by atoms with Gasteiger partial charge in [-0.05, 0) is 48.7 Å². The van der Waals surface area contributed by atoms with Crippen LogP contribution in [0.25, 0.3) is 0 Å². The quantitative estimate of drug-likeness (QED) is 0.507. The SMILES string of the molecule is CCCN(CCC)c1ccc(C=NNC(=O)c2cccc(Br)c2)cc1. The minimum absolute atomic E-state index is 0.230. The Bertz CT molecular complexity index is 707. The second-order valence-electron chi connectivity index (χ2n) is 5.79. The molecule has 0 aliphatic carbocycles. The summed E-state index contributed by atoms with van der Waals surface area (Å²) in [5, 5.41) is 4.04. The number of nitrogens with zero attached hydrogens (tertiary/aromatic N) is 2. The number of carbonyl (C=O) groups excluding carboxylic acids is 1. The number of hydrazone groups is 1. The first-order chi connectivity index (χ1) is 12.1. The van der Waals surface area contributed by atoms with E-state index in [0.29, 0.717) is 5.56 Å². The van der Waals surface area contributed by atoms with Crippen molar-refractivity contribution in [3.63, 3.8) is 0 Å². The summed E-state index contributed by atoms with van der Waals surface area (Å²) < 4.78 is 0.864. The normalized spacial score (nSPS) is 10.8. The number of halogens is 1. The fraction of sp³-hybridized carbons (Fsp3) is 0.300. The van der Waals surface area contributed by atoms with E-state index < -0.39 is 0 Å². The summed E-state index contributed by atoms with van der Waals surface area (Å²) in [6, 6.07) is 15.4. The molecule has 132 valence electrons. The summed E-state index contributed by atoms with van der Waals surface area (Å²) in [5.74, 6) is -0.230. The van der Waals surface area contributed by atoms with Gasteiger partial charge in [0.15, 0.2) is 0 Å². The van der Waals surface area contributed by atoms with Crippen LogP contribution >= 0.6 is 15.9 Å². The fourth-order valence-electron chi connectivity index (χ4n) is 2.54. The van der Waals surface area contributed by atoms with E-state index in [4.69, 9.17) is 0 Å². The van der Waals surface area contributed by atoms with Crippen molar-refractivity contribution in [1.29, 1.82) is 0 Å². The number of rotatable bonds is 8. The molecule has 0 saturated heterocycles. The number of carbonyl (C=O) groups is 1. The van der Waals surface area contributed by atoms with Crippen LogP contribution in [-0.2, 0) is 0 Å². The number of nitrogens with one attached hydrogen (secondary N) is 1. The molecule has 2 aromatic carbocycles. The Morgan fingerprint density at radius 3 is 2.40 bits per heavy atom. The van der Waals surface area contributed by atoms with E-state index in [2.05, 4.69) is 57.3 Å². The second-order valence-corrected chi connectivity index (χ2v) is 6.70. The third kappa shape index (κ3) is 6.02. The average Bonchev–Trinajstić information content (AvgIpc) is 2.62. The van der Waals surface area contributed by atoms with Crippen molar-refractivity contribution in [1.82, 2.24) is 5.43 Å². The van der Waals surface area contributed by atoms with Gasteiger partial charge in [0.2, 0.25) is 0 Å². The van der Waals surface area contributed by atoms with Crippen LogP contribution in [0.4, 0.5) is 5.69 Å².